The van der Waals surface area contributed by atoms with Gasteiger partial charge in [0.05, 0.1) is 0 Å². The molecule has 0 spiro atoms. The Balaban J connectivity index is 1.84. The highest BCUT2D eigenvalue weighted by Gasteiger charge is 2.46. The molecule has 0 atom stereocenters. The van der Waals surface area contributed by atoms with Gasteiger partial charge < -0.3 is 4.57 Å². The molecule has 1 nitrogen and oxygen atoms in total. The summed E-state index contributed by atoms with van der Waals surface area (Å²) in [6.45, 7) is 0. The molecule has 6 rings (SSSR count). The highest BCUT2D eigenvalue weighted by Crippen LogP contribution is 2.76. The van der Waals surface area contributed by atoms with Gasteiger partial charge in [0, 0.05) is 27.1 Å². The zero-order chi connectivity index (χ0) is 24.4. The van der Waals surface area contributed by atoms with Gasteiger partial charge in [0.25, 0.3) is 0 Å². The third-order valence-corrected chi connectivity index (χ3v) is 9.94. The maximum atomic E-state index is 15.9. The number of rotatable bonds is 5. The topological polar surface area (TPSA) is 17.1 Å². The highest BCUT2D eigenvalue weighted by atomic mass is 31.2. The van der Waals surface area contributed by atoms with Gasteiger partial charge in [-0.15, -0.1) is 0 Å². The lowest BCUT2D eigenvalue weighted by atomic mass is 9.89. The van der Waals surface area contributed by atoms with Crippen molar-refractivity contribution in [1.82, 2.24) is 0 Å². The van der Waals surface area contributed by atoms with Gasteiger partial charge in [-0.1, -0.05) is 152 Å². The van der Waals surface area contributed by atoms with Crippen LogP contribution in [0.2, 0.25) is 0 Å². The highest BCUT2D eigenvalue weighted by molar-refractivity contribution is 7.91. The molecular weight excluding hydrogens is 455 g/mol. The van der Waals surface area contributed by atoms with Crippen LogP contribution in [0.15, 0.2) is 152 Å². The first-order valence-corrected chi connectivity index (χ1v) is 13.9. The Morgan fingerprint density at radius 1 is 0.333 bits per heavy atom. The molecule has 1 heterocycles. The quantitative estimate of drug-likeness (QED) is 0.230. The van der Waals surface area contributed by atoms with E-state index < -0.39 is 7.14 Å². The van der Waals surface area contributed by atoms with Gasteiger partial charge in [0.15, 0.2) is 7.14 Å². The predicted octanol–water partition coefficient (Wildman–Crippen LogP) is 8.83. The van der Waals surface area contributed by atoms with Crippen LogP contribution < -0.4 is 5.30 Å². The van der Waals surface area contributed by atoms with Crippen molar-refractivity contribution in [3.63, 3.8) is 0 Å². The maximum absolute atomic E-state index is 15.9. The molecule has 5 aromatic carbocycles. The third kappa shape index (κ3) is 3.70. The van der Waals surface area contributed by atoms with Gasteiger partial charge in [0.2, 0.25) is 0 Å². The van der Waals surface area contributed by atoms with E-state index in [4.69, 9.17) is 0 Å². The lowest BCUT2D eigenvalue weighted by Gasteiger charge is -2.22. The third-order valence-electron chi connectivity index (χ3n) is 6.69. The Kier molecular flexibility index (Phi) is 5.85. The minimum Gasteiger partial charge on any atom is -0.309 e. The zero-order valence-corrected chi connectivity index (χ0v) is 20.7. The van der Waals surface area contributed by atoms with Gasteiger partial charge in [-0.25, -0.2) is 0 Å². The maximum Gasteiger partial charge on any atom is 0.173 e. The van der Waals surface area contributed by atoms with Crippen molar-refractivity contribution in [2.24, 2.45) is 0 Å². The summed E-state index contributed by atoms with van der Waals surface area (Å²) < 4.78 is 15.9. The molecule has 0 unspecified atom stereocenters. The summed E-state index contributed by atoms with van der Waals surface area (Å²) in [5.41, 5.74) is 6.19. The van der Waals surface area contributed by atoms with E-state index in [1.807, 2.05) is 78.9 Å². The van der Waals surface area contributed by atoms with Crippen LogP contribution in [-0.4, -0.2) is 0 Å². The Labute approximate surface area is 212 Å². The molecule has 36 heavy (non-hydrogen) atoms. The molecule has 1 aliphatic heterocycles. The molecule has 0 fully saturated rings. The predicted molar refractivity (Wildman–Crippen MR) is 153 cm³/mol. The van der Waals surface area contributed by atoms with Gasteiger partial charge >= 0.3 is 0 Å². The van der Waals surface area contributed by atoms with Crippen LogP contribution >= 0.6 is 7.14 Å². The molecule has 0 saturated carbocycles. The molecular formula is C34H25OP. The van der Waals surface area contributed by atoms with Gasteiger partial charge in [-0.2, -0.15) is 0 Å². The minimum absolute atomic E-state index is 0.849. The van der Waals surface area contributed by atoms with Crippen LogP contribution in [0.3, 0.4) is 0 Å². The lowest BCUT2D eigenvalue weighted by molar-refractivity contribution is 0.593. The first-order chi connectivity index (χ1) is 17.8. The molecule has 5 aromatic rings. The number of benzene rings is 5. The largest absolute Gasteiger partial charge is 0.309 e. The van der Waals surface area contributed by atoms with Crippen molar-refractivity contribution in [3.05, 3.63) is 174 Å². The van der Waals surface area contributed by atoms with E-state index in [9.17, 15) is 0 Å². The zero-order valence-electron chi connectivity index (χ0n) is 19.8. The van der Waals surface area contributed by atoms with Crippen molar-refractivity contribution in [2.75, 3.05) is 0 Å². The Morgan fingerprint density at radius 2 is 0.611 bits per heavy atom. The second kappa shape index (κ2) is 9.46. The summed E-state index contributed by atoms with van der Waals surface area (Å²) in [6, 6.07) is 51.3. The van der Waals surface area contributed by atoms with E-state index in [1.165, 1.54) is 0 Å². The molecule has 2 heteroatoms. The smallest absolute Gasteiger partial charge is 0.173 e. The summed E-state index contributed by atoms with van der Waals surface area (Å²) in [7, 11) is -3.27. The first kappa shape index (κ1) is 22.3. The summed E-state index contributed by atoms with van der Waals surface area (Å²) in [6.07, 6.45) is 0. The fourth-order valence-electron chi connectivity index (χ4n) is 5.18. The summed E-state index contributed by atoms with van der Waals surface area (Å²) >= 11 is 0. The molecule has 0 amide bonds. The van der Waals surface area contributed by atoms with Crippen LogP contribution in [0.1, 0.15) is 22.3 Å². The normalized spacial score (nSPS) is 14.8. The molecule has 0 N–H and O–H groups in total. The van der Waals surface area contributed by atoms with E-state index in [2.05, 4.69) is 72.8 Å². The van der Waals surface area contributed by atoms with Crippen molar-refractivity contribution in [2.45, 2.75) is 0 Å². The van der Waals surface area contributed by atoms with Crippen molar-refractivity contribution in [3.8, 4) is 0 Å². The number of allylic oxidation sites excluding steroid dienone is 2. The lowest BCUT2D eigenvalue weighted by Crippen LogP contribution is -2.06. The molecule has 0 bridgehead atoms. The molecule has 0 aliphatic carbocycles. The SMILES string of the molecule is O=P1(c2ccccc2)C(c2ccccc2)=C(c2ccccc2)C(c2ccccc2)=C1c1ccccc1. The van der Waals surface area contributed by atoms with Crippen LogP contribution in [0.25, 0.3) is 21.8 Å². The van der Waals surface area contributed by atoms with E-state index in [-0.39, 0.29) is 0 Å². The monoisotopic (exact) mass is 480 g/mol. The Morgan fingerprint density at radius 3 is 0.944 bits per heavy atom. The van der Waals surface area contributed by atoms with E-state index in [0.29, 0.717) is 0 Å². The van der Waals surface area contributed by atoms with Crippen molar-refractivity contribution >= 4 is 34.2 Å². The van der Waals surface area contributed by atoms with Crippen LogP contribution in [-0.2, 0) is 4.57 Å². The Hall–Kier alpha value is -4.19. The average Bonchev–Trinajstić information content (AvgIpc) is 3.25. The molecule has 0 radical (unpaired) electrons. The van der Waals surface area contributed by atoms with Crippen LogP contribution in [0, 0.1) is 0 Å². The van der Waals surface area contributed by atoms with Crippen molar-refractivity contribution in [1.29, 1.82) is 0 Å². The molecule has 0 saturated heterocycles. The summed E-state index contributed by atoms with van der Waals surface area (Å²) in [5.74, 6) is 0. The number of hydrogen-bond donors (Lipinski definition) is 0. The van der Waals surface area contributed by atoms with Crippen molar-refractivity contribution < 1.29 is 4.57 Å². The van der Waals surface area contributed by atoms with Crippen LogP contribution in [0.5, 0.6) is 0 Å². The van der Waals surface area contributed by atoms with E-state index in [1.54, 1.807) is 0 Å². The second-order valence-corrected chi connectivity index (χ2v) is 11.5. The van der Waals surface area contributed by atoms with Gasteiger partial charge in [0.1, 0.15) is 0 Å². The van der Waals surface area contributed by atoms with E-state index >= 15 is 4.57 Å². The van der Waals surface area contributed by atoms with Crippen LogP contribution in [0.4, 0.5) is 0 Å². The molecule has 172 valence electrons. The minimum atomic E-state index is -3.27. The summed E-state index contributed by atoms with van der Waals surface area (Å²) in [5, 5.41) is 2.65. The number of hydrogen-bond acceptors (Lipinski definition) is 1. The van der Waals surface area contributed by atoms with Gasteiger partial charge in [-0.3, -0.25) is 0 Å². The van der Waals surface area contributed by atoms with Gasteiger partial charge in [-0.05, 0) is 22.3 Å². The standard InChI is InChI=1S/C34H25OP/c35-36(30-24-14-5-15-25-30)33(28-20-10-3-11-21-28)31(26-16-6-1-7-17-26)32(27-18-8-2-9-19-27)34(36)29-22-12-4-13-23-29/h1-25H. The first-order valence-electron chi connectivity index (χ1n) is 12.2. The molecule has 1 aliphatic rings. The summed E-state index contributed by atoms with van der Waals surface area (Å²) in [4.78, 5) is 0. The van der Waals surface area contributed by atoms with E-state index in [0.717, 1.165) is 49.3 Å². The Bertz CT molecular complexity index is 1500. The fourth-order valence-corrected chi connectivity index (χ4v) is 8.64. The fraction of sp³-hybridized carbons (Fsp3) is 0. The second-order valence-electron chi connectivity index (χ2n) is 8.86. The average molecular weight is 481 g/mol. The molecule has 0 aromatic heterocycles.